The molecule has 226 valence electrons. The molecule has 0 saturated heterocycles. The van der Waals surface area contributed by atoms with Crippen molar-refractivity contribution in [2.45, 2.75) is 13.1 Å². The lowest BCUT2D eigenvalue weighted by molar-refractivity contribution is 0.0696. The summed E-state index contributed by atoms with van der Waals surface area (Å²) in [6.45, 7) is 0.233. The van der Waals surface area contributed by atoms with Crippen LogP contribution < -0.4 is 11.5 Å². The molecule has 0 aliphatic rings. The van der Waals surface area contributed by atoms with E-state index in [2.05, 4.69) is 23.7 Å². The van der Waals surface area contributed by atoms with Gasteiger partial charge in [-0.05, 0) is 53.6 Å². The van der Waals surface area contributed by atoms with E-state index in [0.717, 1.165) is 11.1 Å². The van der Waals surface area contributed by atoms with Crippen LogP contribution in [0.2, 0.25) is 0 Å². The minimum absolute atomic E-state index is 0. The van der Waals surface area contributed by atoms with Crippen molar-refractivity contribution in [1.82, 2.24) is 9.80 Å². The average molecular weight is 628 g/mol. The number of ether oxygens (including phenoxy) is 2. The van der Waals surface area contributed by atoms with Gasteiger partial charge in [0.2, 0.25) is 0 Å². The van der Waals surface area contributed by atoms with E-state index in [1.165, 1.54) is 21.9 Å². The lowest BCUT2D eigenvalue weighted by Gasteiger charge is -2.16. The number of carbonyl (C=O) groups is 3. The molecule has 12 heteroatoms. The van der Waals surface area contributed by atoms with Gasteiger partial charge in [-0.15, -0.1) is 24.8 Å². The van der Waals surface area contributed by atoms with Crippen molar-refractivity contribution < 1.29 is 29.0 Å². The van der Waals surface area contributed by atoms with Crippen LogP contribution in [0, 0.1) is 23.7 Å². The molecule has 0 radical (unpaired) electrons. The van der Waals surface area contributed by atoms with E-state index < -0.39 is 18.2 Å². The van der Waals surface area contributed by atoms with Crippen molar-refractivity contribution in [2.24, 2.45) is 0 Å². The van der Waals surface area contributed by atoms with Crippen LogP contribution in [0.5, 0.6) is 0 Å². The number of carboxylic acid groups (broad SMARTS) is 1. The molecule has 0 heterocycles. The first-order valence-corrected chi connectivity index (χ1v) is 12.4. The van der Waals surface area contributed by atoms with Crippen molar-refractivity contribution in [1.29, 1.82) is 0 Å². The molecular formula is C31H32Cl2N4O6. The van der Waals surface area contributed by atoms with E-state index >= 15 is 0 Å². The third-order valence-electron chi connectivity index (χ3n) is 5.55. The molecule has 0 bridgehead atoms. The number of nitrogen functional groups attached to an aromatic ring is 2. The Morgan fingerprint density at radius 3 is 1.51 bits per heavy atom. The molecule has 5 N–H and O–H groups in total. The maximum atomic E-state index is 12.2. The van der Waals surface area contributed by atoms with Crippen molar-refractivity contribution in [2.75, 3.05) is 38.8 Å². The molecule has 3 aromatic carbocycles. The van der Waals surface area contributed by atoms with E-state index in [1.54, 1.807) is 56.6 Å². The zero-order valence-corrected chi connectivity index (χ0v) is 25.2. The number of amides is 2. The summed E-state index contributed by atoms with van der Waals surface area (Å²) in [5.74, 6) is 9.84. The average Bonchev–Trinajstić information content (AvgIpc) is 2.93. The van der Waals surface area contributed by atoms with Crippen LogP contribution >= 0.6 is 24.8 Å². The molecule has 0 fully saturated rings. The Bertz CT molecular complexity index is 1450. The minimum Gasteiger partial charge on any atom is -0.478 e. The number of hydrogen-bond donors (Lipinski definition) is 3. The van der Waals surface area contributed by atoms with Crippen LogP contribution in [0.15, 0.2) is 66.7 Å². The first kappa shape index (κ1) is 36.0. The van der Waals surface area contributed by atoms with Gasteiger partial charge in [0.1, 0.15) is 0 Å². The van der Waals surface area contributed by atoms with Crippen LogP contribution in [-0.2, 0) is 22.6 Å². The van der Waals surface area contributed by atoms with Gasteiger partial charge in [0, 0.05) is 49.7 Å². The number of rotatable bonds is 7. The molecule has 0 aromatic heterocycles. The second-order valence-electron chi connectivity index (χ2n) is 9.02. The summed E-state index contributed by atoms with van der Waals surface area (Å²) in [5, 5.41) is 9.46. The van der Waals surface area contributed by atoms with Crippen molar-refractivity contribution >= 4 is 54.3 Å². The molecule has 0 unspecified atom stereocenters. The first-order chi connectivity index (χ1) is 19.6. The monoisotopic (exact) mass is 626 g/mol. The molecule has 0 saturated carbocycles. The van der Waals surface area contributed by atoms with Crippen LogP contribution in [0.25, 0.3) is 0 Å². The fraction of sp³-hybridized carbons (Fsp3) is 0.194. The molecule has 43 heavy (non-hydrogen) atoms. The highest BCUT2D eigenvalue weighted by Crippen LogP contribution is 2.12. The number of nitrogens with zero attached hydrogens (tertiary/aromatic N) is 2. The number of anilines is 2. The van der Waals surface area contributed by atoms with Gasteiger partial charge >= 0.3 is 18.2 Å². The third-order valence-corrected chi connectivity index (χ3v) is 5.55. The Balaban J connectivity index is 0.00000462. The lowest BCUT2D eigenvalue weighted by atomic mass is 10.1. The Morgan fingerprint density at radius 1 is 0.721 bits per heavy atom. The van der Waals surface area contributed by atoms with E-state index in [4.69, 9.17) is 20.9 Å². The number of aromatic carboxylic acids is 1. The fourth-order valence-electron chi connectivity index (χ4n) is 3.65. The van der Waals surface area contributed by atoms with Crippen LogP contribution in [0.4, 0.5) is 21.0 Å². The van der Waals surface area contributed by atoms with Gasteiger partial charge < -0.3 is 35.8 Å². The highest BCUT2D eigenvalue weighted by Gasteiger charge is 2.11. The second kappa shape index (κ2) is 17.7. The number of nitrogens with two attached hydrogens (primary N) is 2. The summed E-state index contributed by atoms with van der Waals surface area (Å²) in [5.41, 5.74) is 15.2. The summed E-state index contributed by atoms with van der Waals surface area (Å²) >= 11 is 0. The first-order valence-electron chi connectivity index (χ1n) is 12.4. The third kappa shape index (κ3) is 12.2. The molecule has 3 aromatic rings. The summed E-state index contributed by atoms with van der Waals surface area (Å²) < 4.78 is 10.4. The maximum absolute atomic E-state index is 12.2. The second-order valence-corrected chi connectivity index (χ2v) is 9.02. The topological polar surface area (TPSA) is 148 Å². The summed E-state index contributed by atoms with van der Waals surface area (Å²) in [6.07, 6.45) is -1.14. The number of carbonyl (C=O) groups excluding carboxylic acids is 2. The van der Waals surface area contributed by atoms with E-state index in [-0.39, 0.29) is 43.6 Å². The Hall–Kier alpha value is -5.03. The van der Waals surface area contributed by atoms with Gasteiger partial charge in [-0.2, -0.15) is 0 Å². The van der Waals surface area contributed by atoms with E-state index in [1.807, 2.05) is 12.1 Å². The predicted octanol–water partition coefficient (Wildman–Crippen LogP) is 4.63. The van der Waals surface area contributed by atoms with Gasteiger partial charge in [0.05, 0.1) is 5.56 Å². The van der Waals surface area contributed by atoms with E-state index in [0.29, 0.717) is 35.6 Å². The molecule has 0 atom stereocenters. The Kier molecular flexibility index (Phi) is 14.8. The Labute approximate surface area is 262 Å². The number of benzene rings is 3. The SMILES string of the molecule is CN(Cc1cccc(N)c1)C(=O)OCC#Cc1cc(C#CCOC(=O)N(C)Cc2cccc(N)c2)cc(C(=O)O)c1.Cl.Cl. The molecule has 0 spiro atoms. The highest BCUT2D eigenvalue weighted by atomic mass is 35.5. The van der Waals surface area contributed by atoms with Crippen molar-refractivity contribution in [3.8, 4) is 23.7 Å². The van der Waals surface area contributed by atoms with Gasteiger partial charge in [-0.25, -0.2) is 14.4 Å². The standard InChI is InChI=1S/C31H30N4O6.2ClH/c1-34(20-24-7-3-11-27(32)18-24)30(38)40-13-5-9-22-15-23(17-26(16-22)29(36)37)10-6-14-41-31(39)35(2)21-25-8-4-12-28(33)19-25;;/h3-4,7-8,11-12,15-19H,13-14,20-21,32-33H2,1-2H3,(H,36,37);2*1H. The number of carboxylic acids is 1. The summed E-state index contributed by atoms with van der Waals surface area (Å²) in [4.78, 5) is 38.8. The van der Waals surface area contributed by atoms with Crippen LogP contribution in [-0.4, -0.2) is 60.4 Å². The molecule has 0 aliphatic carbocycles. The molecule has 3 rings (SSSR count). The van der Waals surface area contributed by atoms with Gasteiger partial charge in [-0.1, -0.05) is 47.9 Å². The van der Waals surface area contributed by atoms with Crippen molar-refractivity contribution in [3.63, 3.8) is 0 Å². The summed E-state index contributed by atoms with van der Waals surface area (Å²) in [6, 6.07) is 18.7. The maximum Gasteiger partial charge on any atom is 0.410 e. The van der Waals surface area contributed by atoms with Gasteiger partial charge in [-0.3, -0.25) is 0 Å². The van der Waals surface area contributed by atoms with Crippen LogP contribution in [0.3, 0.4) is 0 Å². The van der Waals surface area contributed by atoms with Crippen molar-refractivity contribution in [3.05, 3.63) is 94.5 Å². The predicted molar refractivity (Wildman–Crippen MR) is 169 cm³/mol. The quantitative estimate of drug-likeness (QED) is 0.254. The molecule has 0 aliphatic heterocycles. The zero-order valence-electron chi connectivity index (χ0n) is 23.5. The van der Waals surface area contributed by atoms with Crippen LogP contribution in [0.1, 0.15) is 32.6 Å². The number of hydrogen-bond acceptors (Lipinski definition) is 7. The van der Waals surface area contributed by atoms with E-state index in [9.17, 15) is 19.5 Å². The highest BCUT2D eigenvalue weighted by molar-refractivity contribution is 5.88. The lowest BCUT2D eigenvalue weighted by Crippen LogP contribution is -2.27. The zero-order chi connectivity index (χ0) is 29.8. The van der Waals surface area contributed by atoms with Gasteiger partial charge in [0.25, 0.3) is 0 Å². The van der Waals surface area contributed by atoms with Gasteiger partial charge in [0.15, 0.2) is 13.2 Å². The fourth-order valence-corrected chi connectivity index (χ4v) is 3.65. The number of halogens is 2. The Morgan fingerprint density at radius 2 is 1.14 bits per heavy atom. The molecule has 10 nitrogen and oxygen atoms in total. The smallest absolute Gasteiger partial charge is 0.410 e. The molecular weight excluding hydrogens is 595 g/mol. The normalized spacial score (nSPS) is 9.35. The summed E-state index contributed by atoms with van der Waals surface area (Å²) in [7, 11) is 3.18. The minimum atomic E-state index is -1.15. The largest absolute Gasteiger partial charge is 0.478 e. The molecule has 2 amide bonds.